The normalized spacial score (nSPS) is 14.3. The molecule has 1 heterocycles. The number of hydrogen-bond donors (Lipinski definition) is 1. The van der Waals surface area contributed by atoms with Gasteiger partial charge in [-0.2, -0.15) is 0 Å². The summed E-state index contributed by atoms with van der Waals surface area (Å²) >= 11 is 0. The Morgan fingerprint density at radius 3 is 1.30 bits per heavy atom. The van der Waals surface area contributed by atoms with Crippen molar-refractivity contribution in [2.75, 3.05) is 19.8 Å². The van der Waals surface area contributed by atoms with E-state index in [1.54, 1.807) is 0 Å². The van der Waals surface area contributed by atoms with Crippen LogP contribution < -0.4 is 5.32 Å². The Kier molecular flexibility index (Phi) is 36.5. The van der Waals surface area contributed by atoms with Crippen LogP contribution in [0.25, 0.3) is 0 Å². The van der Waals surface area contributed by atoms with E-state index in [2.05, 4.69) is 33.0 Å². The summed E-state index contributed by atoms with van der Waals surface area (Å²) in [6.45, 7) is 11.7. The summed E-state index contributed by atoms with van der Waals surface area (Å²) in [7, 11) is 0. The van der Waals surface area contributed by atoms with Crippen molar-refractivity contribution in [3.8, 4) is 0 Å². The Labute approximate surface area is 336 Å². The van der Waals surface area contributed by atoms with Gasteiger partial charge in [0.15, 0.2) is 0 Å². The number of nitrogens with one attached hydrogen (secondary N) is 1. The molecule has 0 amide bonds. The molecular weight excluding hydrogens is 671 g/mol. The van der Waals surface area contributed by atoms with Gasteiger partial charge in [0.1, 0.15) is 6.10 Å². The quantitative estimate of drug-likeness (QED) is 0.0493. The second-order valence-electron chi connectivity index (χ2n) is 17.2. The van der Waals surface area contributed by atoms with Gasteiger partial charge < -0.3 is 19.5 Å². The first kappa shape index (κ1) is 50.9. The molecule has 0 radical (unpaired) electrons. The van der Waals surface area contributed by atoms with Crippen molar-refractivity contribution in [3.05, 3.63) is 0 Å². The number of hydrogen-bond acceptors (Lipinski definition) is 6. The lowest BCUT2D eigenvalue weighted by Gasteiger charge is -2.29. The molecule has 1 aliphatic heterocycles. The molecule has 0 saturated carbocycles. The van der Waals surface area contributed by atoms with E-state index in [1.165, 1.54) is 167 Å². The van der Waals surface area contributed by atoms with Gasteiger partial charge in [0, 0.05) is 31.3 Å². The van der Waals surface area contributed by atoms with Crippen molar-refractivity contribution < 1.29 is 23.8 Å². The van der Waals surface area contributed by atoms with Crippen LogP contribution >= 0.6 is 0 Å². The molecule has 1 N–H and O–H groups in total. The van der Waals surface area contributed by atoms with Gasteiger partial charge in [-0.15, -0.1) is 0 Å². The highest BCUT2D eigenvalue weighted by atomic mass is 16.5. The zero-order chi connectivity index (χ0) is 39.2. The molecule has 2 unspecified atom stereocenters. The smallest absolute Gasteiger partial charge is 0.306 e. The van der Waals surface area contributed by atoms with Gasteiger partial charge in [-0.1, -0.05) is 168 Å². The molecule has 2 atom stereocenters. The third kappa shape index (κ3) is 33.0. The number of ether oxygens (including phenoxy) is 3. The summed E-state index contributed by atoms with van der Waals surface area (Å²) in [6.07, 6.45) is 41.6. The maximum Gasteiger partial charge on any atom is 0.306 e. The van der Waals surface area contributed by atoms with Crippen LogP contribution in [-0.2, 0) is 23.8 Å². The number of rotatable bonds is 42. The Balaban J connectivity index is 2.20. The lowest BCUT2D eigenvalue weighted by atomic mass is 9.99. The van der Waals surface area contributed by atoms with Gasteiger partial charge in [0.2, 0.25) is 0 Å². The molecule has 0 aromatic carbocycles. The van der Waals surface area contributed by atoms with E-state index in [0.29, 0.717) is 24.8 Å². The Morgan fingerprint density at radius 1 is 0.500 bits per heavy atom. The van der Waals surface area contributed by atoms with Gasteiger partial charge in [-0.05, 0) is 71.1 Å². The van der Waals surface area contributed by atoms with Crippen LogP contribution in [0.2, 0.25) is 0 Å². The predicted molar refractivity (Wildman–Crippen MR) is 230 cm³/mol. The molecule has 1 fully saturated rings. The van der Waals surface area contributed by atoms with Gasteiger partial charge >= 0.3 is 11.9 Å². The maximum atomic E-state index is 12.8. The first-order chi connectivity index (χ1) is 26.5. The molecule has 1 saturated heterocycles. The second kappa shape index (κ2) is 38.7. The monoisotopic (exact) mass is 764 g/mol. The average molecular weight is 764 g/mol. The second-order valence-corrected chi connectivity index (χ2v) is 17.2. The third-order valence-corrected chi connectivity index (χ3v) is 11.6. The van der Waals surface area contributed by atoms with Crippen LogP contribution in [-0.4, -0.2) is 49.9 Å². The zero-order valence-electron chi connectivity index (χ0n) is 36.7. The van der Waals surface area contributed by atoms with Crippen molar-refractivity contribution in [2.45, 2.75) is 271 Å². The largest absolute Gasteiger partial charge is 0.463 e. The van der Waals surface area contributed by atoms with Crippen LogP contribution in [0.3, 0.4) is 0 Å². The third-order valence-electron chi connectivity index (χ3n) is 11.6. The van der Waals surface area contributed by atoms with Crippen molar-refractivity contribution in [1.29, 1.82) is 0 Å². The van der Waals surface area contributed by atoms with Gasteiger partial charge in [0.05, 0.1) is 19.3 Å². The predicted octanol–water partition coefficient (Wildman–Crippen LogP) is 14.1. The van der Waals surface area contributed by atoms with Gasteiger partial charge in [-0.3, -0.25) is 9.59 Å². The van der Waals surface area contributed by atoms with Gasteiger partial charge in [0.25, 0.3) is 0 Å². The molecule has 0 aliphatic carbocycles. The Bertz CT molecular complexity index is 801. The first-order valence-corrected chi connectivity index (χ1v) is 24.2. The minimum absolute atomic E-state index is 0.0103. The molecule has 0 bridgehead atoms. The molecule has 0 spiro atoms. The minimum atomic E-state index is -0.0103. The summed E-state index contributed by atoms with van der Waals surface area (Å²) in [4.78, 5) is 25.1. The lowest BCUT2D eigenvalue weighted by Crippen LogP contribution is -2.41. The summed E-state index contributed by atoms with van der Waals surface area (Å²) in [6, 6.07) is 0.582. The fraction of sp³-hybridized carbons (Fsp3) is 0.958. The van der Waals surface area contributed by atoms with Crippen molar-refractivity contribution in [1.82, 2.24) is 5.32 Å². The summed E-state index contributed by atoms with van der Waals surface area (Å²) in [5.41, 5.74) is 0. The van der Waals surface area contributed by atoms with Crippen LogP contribution in [0.1, 0.15) is 252 Å². The maximum absolute atomic E-state index is 12.8. The highest BCUT2D eigenvalue weighted by molar-refractivity contribution is 5.69. The van der Waals surface area contributed by atoms with E-state index >= 15 is 0 Å². The summed E-state index contributed by atoms with van der Waals surface area (Å²) in [5, 5.41) is 3.87. The Hall–Kier alpha value is -1.14. The molecule has 0 aromatic heterocycles. The lowest BCUT2D eigenvalue weighted by molar-refractivity contribution is -0.150. The Morgan fingerprint density at radius 2 is 0.870 bits per heavy atom. The van der Waals surface area contributed by atoms with Gasteiger partial charge in [-0.25, -0.2) is 0 Å². The van der Waals surface area contributed by atoms with Crippen molar-refractivity contribution in [3.63, 3.8) is 0 Å². The average Bonchev–Trinajstić information content (AvgIpc) is 3.13. The minimum Gasteiger partial charge on any atom is -0.463 e. The highest BCUT2D eigenvalue weighted by Gasteiger charge is 2.20. The summed E-state index contributed by atoms with van der Waals surface area (Å²) in [5.74, 6) is 0.704. The van der Waals surface area contributed by atoms with E-state index in [4.69, 9.17) is 14.2 Å². The van der Waals surface area contributed by atoms with E-state index < -0.39 is 0 Å². The SMILES string of the molecule is CCCCCCCCC(C)OC(=O)CCCCCCCC(CCCCCCCC(=O)OC(CCCCCCCC)CCCCCCCC)NCC1COC1. The molecule has 6 nitrogen and oxygen atoms in total. The molecule has 320 valence electrons. The molecule has 1 aliphatic rings. The fourth-order valence-corrected chi connectivity index (χ4v) is 7.83. The number of unbranched alkanes of at least 4 members (excludes halogenated alkanes) is 23. The summed E-state index contributed by atoms with van der Waals surface area (Å²) < 4.78 is 17.1. The van der Waals surface area contributed by atoms with E-state index in [0.717, 1.165) is 64.7 Å². The van der Waals surface area contributed by atoms with Crippen LogP contribution in [0, 0.1) is 5.92 Å². The molecule has 0 aromatic rings. The topological polar surface area (TPSA) is 73.9 Å². The number of esters is 2. The van der Waals surface area contributed by atoms with E-state index in [1.807, 2.05) is 0 Å². The highest BCUT2D eigenvalue weighted by Crippen LogP contribution is 2.20. The van der Waals surface area contributed by atoms with Crippen molar-refractivity contribution in [2.24, 2.45) is 5.92 Å². The van der Waals surface area contributed by atoms with E-state index in [-0.39, 0.29) is 24.1 Å². The fourth-order valence-electron chi connectivity index (χ4n) is 7.83. The van der Waals surface area contributed by atoms with E-state index in [9.17, 15) is 9.59 Å². The molecule has 54 heavy (non-hydrogen) atoms. The van der Waals surface area contributed by atoms with Crippen LogP contribution in [0.5, 0.6) is 0 Å². The zero-order valence-corrected chi connectivity index (χ0v) is 36.7. The molecule has 1 rings (SSSR count). The van der Waals surface area contributed by atoms with Crippen LogP contribution in [0.4, 0.5) is 0 Å². The molecule has 6 heteroatoms. The van der Waals surface area contributed by atoms with Crippen LogP contribution in [0.15, 0.2) is 0 Å². The first-order valence-electron chi connectivity index (χ1n) is 24.2. The number of carbonyl (C=O) groups is 2. The van der Waals surface area contributed by atoms with Crippen molar-refractivity contribution >= 4 is 11.9 Å². The number of carbonyl (C=O) groups excluding carboxylic acids is 2. The standard InChI is InChI=1S/C48H93NO5/c1-5-8-11-14-19-26-33-43(4)53-47(50)38-31-24-17-20-27-34-45(49-40-44-41-52-42-44)35-28-21-18-25-32-39-48(51)54-46(36-29-22-15-12-9-6-2)37-30-23-16-13-10-7-3/h43-46,49H,5-42H2,1-4H3. The molecular formula is C48H93NO5.